The molecule has 1 aliphatic rings. The molecule has 3 aromatic rings. The molecule has 1 aromatic carbocycles. The van der Waals surface area contributed by atoms with Crippen LogP contribution in [0.3, 0.4) is 0 Å². The van der Waals surface area contributed by atoms with Gasteiger partial charge in [-0.1, -0.05) is 5.21 Å². The summed E-state index contributed by atoms with van der Waals surface area (Å²) in [6, 6.07) is 7.93. The average Bonchev–Trinajstić information content (AvgIpc) is 3.06. The van der Waals surface area contributed by atoms with Crippen LogP contribution in [0.4, 0.5) is 5.95 Å². The Labute approximate surface area is 138 Å². The summed E-state index contributed by atoms with van der Waals surface area (Å²) < 4.78 is 12.3. The van der Waals surface area contributed by atoms with Gasteiger partial charge in [0.25, 0.3) is 0 Å². The molecule has 2 aromatic heterocycles. The Morgan fingerprint density at radius 3 is 2.75 bits per heavy atom. The Kier molecular flexibility index (Phi) is 3.96. The van der Waals surface area contributed by atoms with Crippen LogP contribution < -0.4 is 10.1 Å². The summed E-state index contributed by atoms with van der Waals surface area (Å²) in [6.07, 6.45) is 3.60. The van der Waals surface area contributed by atoms with Gasteiger partial charge in [0.1, 0.15) is 5.75 Å². The van der Waals surface area contributed by atoms with Gasteiger partial charge in [-0.05, 0) is 37.1 Å². The lowest BCUT2D eigenvalue weighted by molar-refractivity contribution is 0.0903. The Balaban J connectivity index is 1.64. The lowest BCUT2D eigenvalue weighted by atomic mass is 10.1. The molecule has 124 valence electrons. The molecule has 0 spiro atoms. The fourth-order valence-electron chi connectivity index (χ4n) is 2.72. The number of aromatic nitrogens is 5. The van der Waals surface area contributed by atoms with Crippen LogP contribution in [0.25, 0.3) is 16.9 Å². The Hall–Kier alpha value is -2.74. The van der Waals surface area contributed by atoms with Crippen LogP contribution in [0.15, 0.2) is 30.5 Å². The summed E-state index contributed by atoms with van der Waals surface area (Å²) in [7, 11) is 1.64. The first-order valence-corrected chi connectivity index (χ1v) is 7.90. The van der Waals surface area contributed by atoms with Crippen LogP contribution >= 0.6 is 0 Å². The smallest absolute Gasteiger partial charge is 0.225 e. The number of anilines is 1. The van der Waals surface area contributed by atoms with E-state index in [9.17, 15) is 0 Å². The Morgan fingerprint density at radius 2 is 2.00 bits per heavy atom. The molecule has 1 N–H and O–H groups in total. The summed E-state index contributed by atoms with van der Waals surface area (Å²) in [5.41, 5.74) is 2.20. The van der Waals surface area contributed by atoms with E-state index < -0.39 is 0 Å². The number of methoxy groups -OCH3 is 1. The fourth-order valence-corrected chi connectivity index (χ4v) is 2.72. The molecule has 8 nitrogen and oxygen atoms in total. The molecule has 1 fully saturated rings. The van der Waals surface area contributed by atoms with Crippen molar-refractivity contribution in [3.8, 4) is 11.4 Å². The highest BCUT2D eigenvalue weighted by Gasteiger charge is 2.16. The van der Waals surface area contributed by atoms with Crippen molar-refractivity contribution in [2.75, 3.05) is 25.6 Å². The number of hydrogen-bond donors (Lipinski definition) is 1. The molecule has 1 aliphatic heterocycles. The van der Waals surface area contributed by atoms with E-state index in [1.807, 2.05) is 24.3 Å². The minimum absolute atomic E-state index is 0.335. The van der Waals surface area contributed by atoms with E-state index in [2.05, 4.69) is 25.6 Å². The van der Waals surface area contributed by atoms with Crippen LogP contribution in [0.5, 0.6) is 5.75 Å². The van der Waals surface area contributed by atoms with Crippen molar-refractivity contribution in [3.05, 3.63) is 30.5 Å². The first-order valence-electron chi connectivity index (χ1n) is 7.90. The van der Waals surface area contributed by atoms with Gasteiger partial charge in [-0.2, -0.15) is 9.67 Å². The van der Waals surface area contributed by atoms with E-state index in [1.54, 1.807) is 18.0 Å². The second-order valence-corrected chi connectivity index (χ2v) is 5.63. The molecule has 3 heterocycles. The number of fused-ring (bicyclic) bond motifs is 1. The Morgan fingerprint density at radius 1 is 1.21 bits per heavy atom. The quantitative estimate of drug-likeness (QED) is 0.782. The number of nitrogens with zero attached hydrogens (tertiary/aromatic N) is 5. The van der Waals surface area contributed by atoms with Crippen molar-refractivity contribution in [2.45, 2.75) is 18.9 Å². The molecule has 0 unspecified atom stereocenters. The predicted molar refractivity (Wildman–Crippen MR) is 88.5 cm³/mol. The molecular weight excluding hydrogens is 308 g/mol. The van der Waals surface area contributed by atoms with E-state index in [4.69, 9.17) is 9.47 Å². The first kappa shape index (κ1) is 14.8. The van der Waals surface area contributed by atoms with E-state index in [0.717, 1.165) is 37.5 Å². The monoisotopic (exact) mass is 326 g/mol. The standard InChI is InChI=1S/C16H18N6O2/c1-23-13-4-2-12(3-5-13)22-15-14(20-21-22)10-17-16(19-15)18-11-6-8-24-9-7-11/h2-5,10-11H,6-9H2,1H3,(H,17,18,19). The average molecular weight is 326 g/mol. The molecule has 0 bridgehead atoms. The minimum atomic E-state index is 0.335. The summed E-state index contributed by atoms with van der Waals surface area (Å²) >= 11 is 0. The Bertz CT molecular complexity index is 826. The summed E-state index contributed by atoms with van der Waals surface area (Å²) in [4.78, 5) is 8.93. The van der Waals surface area contributed by atoms with Gasteiger partial charge in [0.2, 0.25) is 5.95 Å². The van der Waals surface area contributed by atoms with E-state index in [1.165, 1.54) is 0 Å². The molecule has 24 heavy (non-hydrogen) atoms. The van der Waals surface area contributed by atoms with Crippen molar-refractivity contribution < 1.29 is 9.47 Å². The van der Waals surface area contributed by atoms with Crippen molar-refractivity contribution in [2.24, 2.45) is 0 Å². The molecule has 0 saturated carbocycles. The zero-order valence-corrected chi connectivity index (χ0v) is 13.3. The van der Waals surface area contributed by atoms with Gasteiger partial charge >= 0.3 is 0 Å². The van der Waals surface area contributed by atoms with Gasteiger partial charge in [0.15, 0.2) is 11.2 Å². The second-order valence-electron chi connectivity index (χ2n) is 5.63. The molecule has 0 aliphatic carbocycles. The first-order chi connectivity index (χ1) is 11.8. The molecule has 1 saturated heterocycles. The van der Waals surface area contributed by atoms with Crippen LogP contribution in [-0.4, -0.2) is 51.3 Å². The van der Waals surface area contributed by atoms with Crippen molar-refractivity contribution in [1.29, 1.82) is 0 Å². The molecule has 0 radical (unpaired) electrons. The number of ether oxygens (including phenoxy) is 2. The largest absolute Gasteiger partial charge is 0.497 e. The van der Waals surface area contributed by atoms with Crippen LogP contribution in [0.1, 0.15) is 12.8 Å². The van der Waals surface area contributed by atoms with Gasteiger partial charge in [0, 0.05) is 19.3 Å². The van der Waals surface area contributed by atoms with Crippen molar-refractivity contribution in [1.82, 2.24) is 25.0 Å². The number of benzene rings is 1. The lowest BCUT2D eigenvalue weighted by Crippen LogP contribution is -2.28. The van der Waals surface area contributed by atoms with Gasteiger partial charge in [-0.3, -0.25) is 0 Å². The summed E-state index contributed by atoms with van der Waals surface area (Å²) in [6.45, 7) is 1.54. The number of rotatable bonds is 4. The highest BCUT2D eigenvalue weighted by Crippen LogP contribution is 2.19. The van der Waals surface area contributed by atoms with Gasteiger partial charge in [0.05, 0.1) is 19.0 Å². The summed E-state index contributed by atoms with van der Waals surface area (Å²) in [5, 5.41) is 11.7. The molecular formula is C16H18N6O2. The summed E-state index contributed by atoms with van der Waals surface area (Å²) in [5.74, 6) is 1.38. The third-order valence-electron chi connectivity index (χ3n) is 4.06. The maximum absolute atomic E-state index is 5.38. The lowest BCUT2D eigenvalue weighted by Gasteiger charge is -2.22. The SMILES string of the molecule is COc1ccc(-n2nnc3cnc(NC4CCOCC4)nc32)cc1. The topological polar surface area (TPSA) is 87.0 Å². The minimum Gasteiger partial charge on any atom is -0.497 e. The number of nitrogens with one attached hydrogen (secondary N) is 1. The van der Waals surface area contributed by atoms with Crippen LogP contribution in [0, 0.1) is 0 Å². The highest BCUT2D eigenvalue weighted by molar-refractivity contribution is 5.72. The molecule has 0 amide bonds. The van der Waals surface area contributed by atoms with E-state index in [-0.39, 0.29) is 0 Å². The third kappa shape index (κ3) is 2.88. The van der Waals surface area contributed by atoms with Crippen LogP contribution in [-0.2, 0) is 4.74 Å². The maximum atomic E-state index is 5.38. The zero-order chi connectivity index (χ0) is 16.4. The van der Waals surface area contributed by atoms with Crippen molar-refractivity contribution in [3.63, 3.8) is 0 Å². The molecule has 4 rings (SSSR count). The third-order valence-corrected chi connectivity index (χ3v) is 4.06. The molecule has 8 heteroatoms. The number of hydrogen-bond acceptors (Lipinski definition) is 7. The van der Waals surface area contributed by atoms with E-state index >= 15 is 0 Å². The van der Waals surface area contributed by atoms with E-state index in [0.29, 0.717) is 23.2 Å². The fraction of sp³-hybridized carbons (Fsp3) is 0.375. The predicted octanol–water partition coefficient (Wildman–Crippen LogP) is 1.81. The zero-order valence-electron chi connectivity index (χ0n) is 13.3. The van der Waals surface area contributed by atoms with Crippen molar-refractivity contribution >= 4 is 17.1 Å². The van der Waals surface area contributed by atoms with Crippen LogP contribution in [0.2, 0.25) is 0 Å². The van der Waals surface area contributed by atoms with Gasteiger partial charge in [-0.15, -0.1) is 5.10 Å². The van der Waals surface area contributed by atoms with Gasteiger partial charge < -0.3 is 14.8 Å². The van der Waals surface area contributed by atoms with Gasteiger partial charge in [-0.25, -0.2) is 4.98 Å². The highest BCUT2D eigenvalue weighted by atomic mass is 16.5. The second kappa shape index (κ2) is 6.40. The molecule has 0 atom stereocenters. The normalized spacial score (nSPS) is 15.5. The maximum Gasteiger partial charge on any atom is 0.225 e.